The highest BCUT2D eigenvalue weighted by Crippen LogP contribution is 2.24. The third-order valence-electron chi connectivity index (χ3n) is 5.02. The quantitative estimate of drug-likeness (QED) is 0.802. The molecule has 0 bridgehead atoms. The molecule has 1 aliphatic heterocycles. The molecule has 3 atom stereocenters. The molecule has 0 saturated carbocycles. The van der Waals surface area contributed by atoms with Crippen molar-refractivity contribution in [3.63, 3.8) is 0 Å². The Balaban J connectivity index is 0.00000243. The van der Waals surface area contributed by atoms with E-state index in [9.17, 15) is 4.79 Å². The third kappa shape index (κ3) is 6.15. The van der Waals surface area contributed by atoms with Gasteiger partial charge in [0.1, 0.15) is 0 Å². The normalized spacial score (nSPS) is 20.7. The summed E-state index contributed by atoms with van der Waals surface area (Å²) in [7, 11) is 0. The van der Waals surface area contributed by atoms with Crippen LogP contribution in [0, 0.1) is 0 Å². The predicted molar refractivity (Wildman–Crippen MR) is 110 cm³/mol. The Kier molecular flexibility index (Phi) is 8.14. The molecule has 0 radical (unpaired) electrons. The number of benzene rings is 2. The van der Waals surface area contributed by atoms with Crippen LogP contribution < -0.4 is 10.6 Å². The van der Waals surface area contributed by atoms with Crippen molar-refractivity contribution in [1.29, 1.82) is 0 Å². The highest BCUT2D eigenvalue weighted by atomic mass is 35.5. The van der Waals surface area contributed by atoms with Crippen molar-refractivity contribution >= 4 is 18.3 Å². The standard InChI is InChI=1S/C22H28N2O.ClH/c1-17-14-21(12-13-23-17)24-22(25)16-20(19-10-6-3-7-11-19)15-18-8-4-2-5-9-18;/h2-11,17,20-21,23H,12-16H2,1H3,(H,24,25);1H. The molecule has 1 fully saturated rings. The molecule has 0 aliphatic carbocycles. The topological polar surface area (TPSA) is 41.1 Å². The van der Waals surface area contributed by atoms with Gasteiger partial charge in [0, 0.05) is 18.5 Å². The Morgan fingerprint density at radius 1 is 1.12 bits per heavy atom. The second kappa shape index (κ2) is 10.3. The van der Waals surface area contributed by atoms with Gasteiger partial charge in [0.2, 0.25) is 5.91 Å². The fourth-order valence-electron chi connectivity index (χ4n) is 3.71. The molecular weight excluding hydrogens is 344 g/mol. The van der Waals surface area contributed by atoms with Crippen LogP contribution in [0.25, 0.3) is 0 Å². The van der Waals surface area contributed by atoms with Gasteiger partial charge in [-0.05, 0) is 49.8 Å². The number of hydrogen-bond acceptors (Lipinski definition) is 2. The van der Waals surface area contributed by atoms with Crippen LogP contribution in [-0.2, 0) is 11.2 Å². The molecule has 1 heterocycles. The highest BCUT2D eigenvalue weighted by molar-refractivity contribution is 5.85. The summed E-state index contributed by atoms with van der Waals surface area (Å²) in [5.74, 6) is 0.381. The van der Waals surface area contributed by atoms with Gasteiger partial charge in [0.15, 0.2) is 0 Å². The van der Waals surface area contributed by atoms with Gasteiger partial charge < -0.3 is 10.6 Å². The van der Waals surface area contributed by atoms with E-state index in [4.69, 9.17) is 0 Å². The molecule has 3 unspecified atom stereocenters. The second-order valence-electron chi connectivity index (χ2n) is 7.15. The minimum absolute atomic E-state index is 0. The molecular formula is C22H29ClN2O. The first-order valence-electron chi connectivity index (χ1n) is 9.32. The van der Waals surface area contributed by atoms with Crippen LogP contribution in [0.5, 0.6) is 0 Å². The van der Waals surface area contributed by atoms with Gasteiger partial charge >= 0.3 is 0 Å². The molecule has 2 N–H and O–H groups in total. The summed E-state index contributed by atoms with van der Waals surface area (Å²) < 4.78 is 0. The molecule has 2 aromatic carbocycles. The zero-order valence-electron chi connectivity index (χ0n) is 15.4. The van der Waals surface area contributed by atoms with Crippen molar-refractivity contribution in [3.8, 4) is 0 Å². The molecule has 1 aliphatic rings. The Morgan fingerprint density at radius 2 is 1.77 bits per heavy atom. The lowest BCUT2D eigenvalue weighted by Gasteiger charge is -2.29. The smallest absolute Gasteiger partial charge is 0.220 e. The lowest BCUT2D eigenvalue weighted by molar-refractivity contribution is -0.122. The maximum absolute atomic E-state index is 12.7. The number of piperidine rings is 1. The molecule has 0 spiro atoms. The van der Waals surface area contributed by atoms with Crippen molar-refractivity contribution < 1.29 is 4.79 Å². The molecule has 3 rings (SSSR count). The van der Waals surface area contributed by atoms with E-state index in [1.54, 1.807) is 0 Å². The zero-order chi connectivity index (χ0) is 17.5. The lowest BCUT2D eigenvalue weighted by atomic mass is 9.88. The van der Waals surface area contributed by atoms with Crippen LogP contribution in [0.15, 0.2) is 60.7 Å². The van der Waals surface area contributed by atoms with Gasteiger partial charge in [-0.15, -0.1) is 12.4 Å². The number of carbonyl (C=O) groups is 1. The summed E-state index contributed by atoms with van der Waals surface area (Å²) in [4.78, 5) is 12.7. The molecule has 0 aromatic heterocycles. The average molecular weight is 373 g/mol. The minimum atomic E-state index is 0. The van der Waals surface area contributed by atoms with E-state index < -0.39 is 0 Å². The Labute approximate surface area is 163 Å². The number of hydrogen-bond donors (Lipinski definition) is 2. The molecule has 4 heteroatoms. The van der Waals surface area contributed by atoms with Crippen molar-refractivity contribution in [2.75, 3.05) is 6.54 Å². The van der Waals surface area contributed by atoms with Crippen LogP contribution in [0.2, 0.25) is 0 Å². The SMILES string of the molecule is CC1CC(NC(=O)CC(Cc2ccccc2)c2ccccc2)CCN1.Cl. The van der Waals surface area contributed by atoms with Crippen molar-refractivity contribution in [3.05, 3.63) is 71.8 Å². The summed E-state index contributed by atoms with van der Waals surface area (Å²) in [6.07, 6.45) is 3.46. The highest BCUT2D eigenvalue weighted by Gasteiger charge is 2.22. The zero-order valence-corrected chi connectivity index (χ0v) is 16.2. The minimum Gasteiger partial charge on any atom is -0.353 e. The first-order chi connectivity index (χ1) is 12.2. The van der Waals surface area contributed by atoms with Crippen LogP contribution in [0.1, 0.15) is 43.2 Å². The van der Waals surface area contributed by atoms with Gasteiger partial charge in [0.25, 0.3) is 0 Å². The lowest BCUT2D eigenvalue weighted by Crippen LogP contribution is -2.46. The van der Waals surface area contributed by atoms with E-state index in [1.807, 2.05) is 12.1 Å². The Bertz CT molecular complexity index is 662. The summed E-state index contributed by atoms with van der Waals surface area (Å²) in [6.45, 7) is 3.17. The van der Waals surface area contributed by atoms with E-state index in [-0.39, 0.29) is 24.2 Å². The van der Waals surface area contributed by atoms with Gasteiger partial charge in [-0.3, -0.25) is 4.79 Å². The van der Waals surface area contributed by atoms with Crippen molar-refractivity contribution in [2.45, 2.75) is 50.6 Å². The first-order valence-corrected chi connectivity index (χ1v) is 9.32. The number of amides is 1. The fraction of sp³-hybridized carbons (Fsp3) is 0.409. The van der Waals surface area contributed by atoms with Gasteiger partial charge in [-0.1, -0.05) is 60.7 Å². The van der Waals surface area contributed by atoms with Crippen LogP contribution in [0.4, 0.5) is 0 Å². The van der Waals surface area contributed by atoms with E-state index in [1.165, 1.54) is 11.1 Å². The predicted octanol–water partition coefficient (Wildman–Crippen LogP) is 4.08. The van der Waals surface area contributed by atoms with E-state index in [0.29, 0.717) is 18.5 Å². The Hall–Kier alpha value is -1.84. The van der Waals surface area contributed by atoms with E-state index in [0.717, 1.165) is 25.8 Å². The van der Waals surface area contributed by atoms with E-state index in [2.05, 4.69) is 66.1 Å². The van der Waals surface area contributed by atoms with Crippen molar-refractivity contribution in [1.82, 2.24) is 10.6 Å². The monoisotopic (exact) mass is 372 g/mol. The van der Waals surface area contributed by atoms with Crippen LogP contribution in [-0.4, -0.2) is 24.5 Å². The third-order valence-corrected chi connectivity index (χ3v) is 5.02. The van der Waals surface area contributed by atoms with Crippen LogP contribution >= 0.6 is 12.4 Å². The molecule has 140 valence electrons. The van der Waals surface area contributed by atoms with E-state index >= 15 is 0 Å². The summed E-state index contributed by atoms with van der Waals surface area (Å²) in [5.41, 5.74) is 2.51. The second-order valence-corrected chi connectivity index (χ2v) is 7.15. The van der Waals surface area contributed by atoms with Gasteiger partial charge in [-0.25, -0.2) is 0 Å². The van der Waals surface area contributed by atoms with Crippen molar-refractivity contribution in [2.24, 2.45) is 0 Å². The molecule has 1 saturated heterocycles. The summed E-state index contributed by atoms with van der Waals surface area (Å²) in [5, 5.41) is 6.69. The fourth-order valence-corrected chi connectivity index (χ4v) is 3.71. The maximum atomic E-state index is 12.7. The molecule has 1 amide bonds. The van der Waals surface area contributed by atoms with Gasteiger partial charge in [-0.2, -0.15) is 0 Å². The van der Waals surface area contributed by atoms with Crippen LogP contribution in [0.3, 0.4) is 0 Å². The largest absolute Gasteiger partial charge is 0.353 e. The average Bonchev–Trinajstić information content (AvgIpc) is 2.63. The first kappa shape index (κ1) is 20.5. The maximum Gasteiger partial charge on any atom is 0.220 e. The Morgan fingerprint density at radius 3 is 2.42 bits per heavy atom. The summed E-state index contributed by atoms with van der Waals surface area (Å²) >= 11 is 0. The number of halogens is 1. The number of carbonyl (C=O) groups excluding carboxylic acids is 1. The number of nitrogens with one attached hydrogen (secondary N) is 2. The molecule has 26 heavy (non-hydrogen) atoms. The van der Waals surface area contributed by atoms with Gasteiger partial charge in [0.05, 0.1) is 0 Å². The summed E-state index contributed by atoms with van der Waals surface area (Å²) in [6, 6.07) is 21.6. The number of rotatable bonds is 6. The molecule has 2 aromatic rings. The molecule has 3 nitrogen and oxygen atoms in total.